The summed E-state index contributed by atoms with van der Waals surface area (Å²) in [5.74, 6) is 0.583. The first-order valence-electron chi connectivity index (χ1n) is 5.23. The highest BCUT2D eigenvalue weighted by molar-refractivity contribution is 4.85. The van der Waals surface area contributed by atoms with Crippen molar-refractivity contribution < 1.29 is 5.11 Å². The van der Waals surface area contributed by atoms with E-state index in [1.807, 2.05) is 0 Å². The van der Waals surface area contributed by atoms with Gasteiger partial charge < -0.3 is 5.11 Å². The van der Waals surface area contributed by atoms with Gasteiger partial charge in [0.1, 0.15) is 0 Å². The molecule has 0 heterocycles. The van der Waals surface area contributed by atoms with E-state index >= 15 is 0 Å². The van der Waals surface area contributed by atoms with Gasteiger partial charge in [-0.1, -0.05) is 27.2 Å². The number of aliphatic hydroxyl groups excluding tert-OH is 1. The topological polar surface area (TPSA) is 20.2 Å². The van der Waals surface area contributed by atoms with Crippen LogP contribution in [0.25, 0.3) is 0 Å². The van der Waals surface area contributed by atoms with Gasteiger partial charge >= 0.3 is 0 Å². The quantitative estimate of drug-likeness (QED) is 0.690. The normalized spacial score (nSPS) is 30.5. The summed E-state index contributed by atoms with van der Waals surface area (Å²) in [6.45, 7) is 6.76. The second-order valence-corrected chi connectivity index (χ2v) is 5.02. The molecule has 0 radical (unpaired) electrons. The van der Waals surface area contributed by atoms with Gasteiger partial charge in [0.15, 0.2) is 0 Å². The lowest BCUT2D eigenvalue weighted by atomic mass is 9.88. The first kappa shape index (κ1) is 10.0. The van der Waals surface area contributed by atoms with Crippen molar-refractivity contribution in [1.29, 1.82) is 0 Å². The molecular formula is C11H22O. The molecule has 0 aromatic carbocycles. The third-order valence-corrected chi connectivity index (χ3v) is 3.14. The Kier molecular flexibility index (Phi) is 3.16. The molecule has 0 spiro atoms. The van der Waals surface area contributed by atoms with Crippen LogP contribution in [0.2, 0.25) is 0 Å². The lowest BCUT2D eigenvalue weighted by molar-refractivity contribution is 0.0953. The van der Waals surface area contributed by atoms with Crippen molar-refractivity contribution in [2.45, 2.75) is 59.0 Å². The molecule has 1 aliphatic rings. The zero-order valence-corrected chi connectivity index (χ0v) is 8.64. The molecule has 2 unspecified atom stereocenters. The summed E-state index contributed by atoms with van der Waals surface area (Å²) < 4.78 is 0. The summed E-state index contributed by atoms with van der Waals surface area (Å²) >= 11 is 0. The van der Waals surface area contributed by atoms with Crippen molar-refractivity contribution in [3.63, 3.8) is 0 Å². The minimum atomic E-state index is -0.0308. The van der Waals surface area contributed by atoms with Gasteiger partial charge in [-0.2, -0.15) is 0 Å². The molecule has 1 heteroatoms. The van der Waals surface area contributed by atoms with Crippen molar-refractivity contribution in [2.75, 3.05) is 0 Å². The zero-order chi connectivity index (χ0) is 9.19. The predicted molar refractivity (Wildman–Crippen MR) is 52.0 cm³/mol. The Labute approximate surface area is 76.2 Å². The number of hydrogen-bond acceptors (Lipinski definition) is 1. The van der Waals surface area contributed by atoms with Crippen LogP contribution in [0.15, 0.2) is 0 Å². The Bertz CT molecular complexity index is 140. The van der Waals surface area contributed by atoms with E-state index in [1.165, 1.54) is 19.3 Å². The van der Waals surface area contributed by atoms with Crippen LogP contribution in [-0.4, -0.2) is 11.2 Å². The summed E-state index contributed by atoms with van der Waals surface area (Å²) in [5.41, 5.74) is 0.486. The van der Waals surface area contributed by atoms with Gasteiger partial charge in [0, 0.05) is 0 Å². The maximum Gasteiger partial charge on any atom is 0.0568 e. The molecule has 0 bridgehead atoms. The predicted octanol–water partition coefficient (Wildman–Crippen LogP) is 2.97. The summed E-state index contributed by atoms with van der Waals surface area (Å²) in [6, 6.07) is 0. The van der Waals surface area contributed by atoms with Crippen molar-refractivity contribution in [1.82, 2.24) is 0 Å². The number of hydrogen-bond donors (Lipinski definition) is 1. The van der Waals surface area contributed by atoms with Crippen molar-refractivity contribution in [3.8, 4) is 0 Å². The van der Waals surface area contributed by atoms with Crippen LogP contribution in [0.1, 0.15) is 52.9 Å². The number of aliphatic hydroxyl groups is 1. The van der Waals surface area contributed by atoms with Crippen LogP contribution in [0.4, 0.5) is 0 Å². The fourth-order valence-corrected chi connectivity index (χ4v) is 2.35. The largest absolute Gasteiger partial charge is 0.393 e. The minimum Gasteiger partial charge on any atom is -0.393 e. The minimum absolute atomic E-state index is 0.0308. The Balaban J connectivity index is 2.36. The molecule has 0 aromatic rings. The van der Waals surface area contributed by atoms with Gasteiger partial charge in [-0.15, -0.1) is 0 Å². The van der Waals surface area contributed by atoms with Crippen LogP contribution < -0.4 is 0 Å². The molecule has 0 aromatic heterocycles. The van der Waals surface area contributed by atoms with E-state index in [0.29, 0.717) is 11.3 Å². The van der Waals surface area contributed by atoms with Crippen molar-refractivity contribution >= 4 is 0 Å². The van der Waals surface area contributed by atoms with Crippen LogP contribution >= 0.6 is 0 Å². The Morgan fingerprint density at radius 3 is 2.58 bits per heavy atom. The summed E-state index contributed by atoms with van der Waals surface area (Å²) in [4.78, 5) is 0. The van der Waals surface area contributed by atoms with Crippen LogP contribution in [0.5, 0.6) is 0 Å². The lowest BCUT2D eigenvalue weighted by Gasteiger charge is -2.20. The van der Waals surface area contributed by atoms with E-state index in [9.17, 15) is 5.11 Å². The second kappa shape index (κ2) is 3.78. The molecule has 0 aliphatic heterocycles. The summed E-state index contributed by atoms with van der Waals surface area (Å²) in [6.07, 6.45) is 5.80. The lowest BCUT2D eigenvalue weighted by Crippen LogP contribution is -2.18. The molecule has 1 aliphatic carbocycles. The Morgan fingerprint density at radius 2 is 2.17 bits per heavy atom. The Morgan fingerprint density at radius 1 is 1.50 bits per heavy atom. The van der Waals surface area contributed by atoms with E-state index in [1.54, 1.807) is 0 Å². The van der Waals surface area contributed by atoms with Gasteiger partial charge in [0.2, 0.25) is 0 Å². The highest BCUT2D eigenvalue weighted by atomic mass is 16.3. The van der Waals surface area contributed by atoms with Crippen molar-refractivity contribution in [2.24, 2.45) is 11.3 Å². The molecule has 1 N–H and O–H groups in total. The third kappa shape index (κ3) is 2.48. The average molecular weight is 170 g/mol. The third-order valence-electron chi connectivity index (χ3n) is 3.14. The van der Waals surface area contributed by atoms with E-state index in [0.717, 1.165) is 12.8 Å². The van der Waals surface area contributed by atoms with Gasteiger partial charge in [0.25, 0.3) is 0 Å². The van der Waals surface area contributed by atoms with Gasteiger partial charge in [-0.3, -0.25) is 0 Å². The average Bonchev–Trinajstić information content (AvgIpc) is 2.31. The summed E-state index contributed by atoms with van der Waals surface area (Å²) in [7, 11) is 0. The van der Waals surface area contributed by atoms with Gasteiger partial charge in [-0.25, -0.2) is 0 Å². The summed E-state index contributed by atoms with van der Waals surface area (Å²) in [5, 5.41) is 9.78. The highest BCUT2D eigenvalue weighted by Gasteiger charge is 2.34. The molecule has 2 atom stereocenters. The molecule has 12 heavy (non-hydrogen) atoms. The SMILES string of the molecule is CCCC(O)C1CCC(C)(C)C1. The Hall–Kier alpha value is -0.0400. The monoisotopic (exact) mass is 170 g/mol. The number of rotatable bonds is 3. The zero-order valence-electron chi connectivity index (χ0n) is 8.64. The van der Waals surface area contributed by atoms with Crippen LogP contribution in [0.3, 0.4) is 0 Å². The first-order chi connectivity index (χ1) is 5.55. The van der Waals surface area contributed by atoms with Crippen molar-refractivity contribution in [3.05, 3.63) is 0 Å². The van der Waals surface area contributed by atoms with E-state index in [4.69, 9.17) is 0 Å². The molecule has 1 rings (SSSR count). The molecule has 1 fully saturated rings. The first-order valence-corrected chi connectivity index (χ1v) is 5.23. The fourth-order valence-electron chi connectivity index (χ4n) is 2.35. The van der Waals surface area contributed by atoms with Crippen LogP contribution in [0, 0.1) is 11.3 Å². The molecule has 1 nitrogen and oxygen atoms in total. The standard InChI is InChI=1S/C11H22O/c1-4-5-10(12)9-6-7-11(2,3)8-9/h9-10,12H,4-8H2,1-3H3. The maximum absolute atomic E-state index is 9.78. The smallest absolute Gasteiger partial charge is 0.0568 e. The maximum atomic E-state index is 9.78. The van der Waals surface area contributed by atoms with Crippen LogP contribution in [-0.2, 0) is 0 Å². The second-order valence-electron chi connectivity index (χ2n) is 5.02. The molecule has 72 valence electrons. The molecule has 1 saturated carbocycles. The van der Waals surface area contributed by atoms with Gasteiger partial charge in [-0.05, 0) is 37.0 Å². The molecular weight excluding hydrogens is 148 g/mol. The molecule has 0 saturated heterocycles. The fraction of sp³-hybridized carbons (Fsp3) is 1.00. The van der Waals surface area contributed by atoms with E-state index < -0.39 is 0 Å². The highest BCUT2D eigenvalue weighted by Crippen LogP contribution is 2.42. The van der Waals surface area contributed by atoms with Gasteiger partial charge in [0.05, 0.1) is 6.10 Å². The van der Waals surface area contributed by atoms with E-state index in [2.05, 4.69) is 20.8 Å². The molecule has 0 amide bonds. The van der Waals surface area contributed by atoms with E-state index in [-0.39, 0.29) is 6.10 Å².